The molecule has 0 atom stereocenters. The summed E-state index contributed by atoms with van der Waals surface area (Å²) < 4.78 is 15.1. The Hall–Kier alpha value is -3.35. The van der Waals surface area contributed by atoms with E-state index in [1.54, 1.807) is 36.4 Å². The van der Waals surface area contributed by atoms with Gasteiger partial charge >= 0.3 is 11.9 Å². The van der Waals surface area contributed by atoms with E-state index >= 15 is 0 Å². The zero-order valence-corrected chi connectivity index (χ0v) is 15.9. The van der Waals surface area contributed by atoms with Gasteiger partial charge in [-0.15, -0.1) is 0 Å². The standard InChI is InChI=1S/C21H23NO6/c1-3-4-13-27-18-11-7-16(8-12-18)21(25)28-14-19(23)22-17-9-5-15(6-10-17)20(24)26-2/h5-12H,3-4,13-14H2,1-2H3,(H,22,23). The second kappa shape index (κ2) is 10.7. The molecule has 0 aliphatic carbocycles. The summed E-state index contributed by atoms with van der Waals surface area (Å²) >= 11 is 0. The van der Waals surface area contributed by atoms with Gasteiger partial charge in [-0.25, -0.2) is 9.59 Å². The van der Waals surface area contributed by atoms with E-state index in [4.69, 9.17) is 9.47 Å². The minimum absolute atomic E-state index is 0.332. The quantitative estimate of drug-likeness (QED) is 0.525. The zero-order valence-electron chi connectivity index (χ0n) is 15.9. The molecule has 0 saturated heterocycles. The molecule has 148 valence electrons. The third-order valence-electron chi connectivity index (χ3n) is 3.78. The van der Waals surface area contributed by atoms with E-state index in [2.05, 4.69) is 17.0 Å². The molecule has 0 aliphatic heterocycles. The van der Waals surface area contributed by atoms with Gasteiger partial charge in [0.25, 0.3) is 5.91 Å². The average Bonchev–Trinajstić information content (AvgIpc) is 2.72. The van der Waals surface area contributed by atoms with Crippen molar-refractivity contribution in [1.29, 1.82) is 0 Å². The van der Waals surface area contributed by atoms with Crippen LogP contribution in [0, 0.1) is 0 Å². The first-order valence-electron chi connectivity index (χ1n) is 8.91. The number of carbonyl (C=O) groups excluding carboxylic acids is 3. The van der Waals surface area contributed by atoms with Crippen molar-refractivity contribution in [2.45, 2.75) is 19.8 Å². The third-order valence-corrected chi connectivity index (χ3v) is 3.78. The number of anilines is 1. The molecule has 2 aromatic carbocycles. The zero-order chi connectivity index (χ0) is 20.4. The van der Waals surface area contributed by atoms with Crippen molar-refractivity contribution in [3.05, 3.63) is 59.7 Å². The largest absolute Gasteiger partial charge is 0.494 e. The van der Waals surface area contributed by atoms with Crippen LogP contribution in [-0.4, -0.2) is 38.2 Å². The first kappa shape index (κ1) is 21.0. The Morgan fingerprint density at radius 3 is 2.11 bits per heavy atom. The van der Waals surface area contributed by atoms with Crippen LogP contribution in [0.4, 0.5) is 5.69 Å². The second-order valence-corrected chi connectivity index (χ2v) is 5.92. The lowest BCUT2D eigenvalue weighted by Crippen LogP contribution is -2.21. The summed E-state index contributed by atoms with van der Waals surface area (Å²) in [6.07, 6.45) is 2.01. The lowest BCUT2D eigenvalue weighted by Gasteiger charge is -2.08. The van der Waals surface area contributed by atoms with Crippen LogP contribution in [0.2, 0.25) is 0 Å². The molecule has 7 heteroatoms. The van der Waals surface area contributed by atoms with Gasteiger partial charge in [0.1, 0.15) is 5.75 Å². The van der Waals surface area contributed by atoms with Gasteiger partial charge in [-0.05, 0) is 55.0 Å². The van der Waals surface area contributed by atoms with Gasteiger partial charge in [-0.2, -0.15) is 0 Å². The molecule has 0 aromatic heterocycles. The molecular formula is C21H23NO6. The van der Waals surface area contributed by atoms with Crippen molar-refractivity contribution < 1.29 is 28.6 Å². The van der Waals surface area contributed by atoms with Crippen LogP contribution in [0.5, 0.6) is 5.75 Å². The maximum Gasteiger partial charge on any atom is 0.338 e. The average molecular weight is 385 g/mol. The molecule has 0 bridgehead atoms. The monoisotopic (exact) mass is 385 g/mol. The SMILES string of the molecule is CCCCOc1ccc(C(=O)OCC(=O)Nc2ccc(C(=O)OC)cc2)cc1. The molecule has 0 aliphatic rings. The molecule has 2 rings (SSSR count). The van der Waals surface area contributed by atoms with Gasteiger partial charge in [-0.1, -0.05) is 13.3 Å². The lowest BCUT2D eigenvalue weighted by molar-refractivity contribution is -0.119. The van der Waals surface area contributed by atoms with Crippen molar-refractivity contribution in [2.24, 2.45) is 0 Å². The number of amides is 1. The molecule has 0 saturated carbocycles. The van der Waals surface area contributed by atoms with Crippen molar-refractivity contribution >= 4 is 23.5 Å². The van der Waals surface area contributed by atoms with E-state index in [0.29, 0.717) is 29.2 Å². The molecule has 0 spiro atoms. The van der Waals surface area contributed by atoms with Crippen LogP contribution < -0.4 is 10.1 Å². The van der Waals surface area contributed by atoms with Crippen LogP contribution in [0.1, 0.15) is 40.5 Å². The number of esters is 2. The summed E-state index contributed by atoms with van der Waals surface area (Å²) in [7, 11) is 1.29. The van der Waals surface area contributed by atoms with E-state index in [9.17, 15) is 14.4 Å². The van der Waals surface area contributed by atoms with Gasteiger partial charge in [0.15, 0.2) is 6.61 Å². The highest BCUT2D eigenvalue weighted by molar-refractivity contribution is 5.96. The van der Waals surface area contributed by atoms with Crippen molar-refractivity contribution in [1.82, 2.24) is 0 Å². The van der Waals surface area contributed by atoms with Crippen LogP contribution in [0.15, 0.2) is 48.5 Å². The number of ether oxygens (including phenoxy) is 3. The minimum Gasteiger partial charge on any atom is -0.494 e. The summed E-state index contributed by atoms with van der Waals surface area (Å²) in [6.45, 7) is 2.28. The Kier molecular flexibility index (Phi) is 8.02. The smallest absolute Gasteiger partial charge is 0.338 e. The molecular weight excluding hydrogens is 362 g/mol. The highest BCUT2D eigenvalue weighted by Crippen LogP contribution is 2.14. The Morgan fingerprint density at radius 1 is 0.893 bits per heavy atom. The van der Waals surface area contributed by atoms with E-state index in [1.807, 2.05) is 0 Å². The normalized spacial score (nSPS) is 10.1. The summed E-state index contributed by atoms with van der Waals surface area (Å²) in [5, 5.41) is 2.58. The maximum absolute atomic E-state index is 12.0. The van der Waals surface area contributed by atoms with Gasteiger partial charge in [0.2, 0.25) is 0 Å². The number of hydrogen-bond acceptors (Lipinski definition) is 6. The molecule has 7 nitrogen and oxygen atoms in total. The van der Waals surface area contributed by atoms with E-state index < -0.39 is 24.5 Å². The number of hydrogen-bond donors (Lipinski definition) is 1. The molecule has 0 heterocycles. The number of carbonyl (C=O) groups is 3. The molecule has 0 radical (unpaired) electrons. The molecule has 0 unspecified atom stereocenters. The summed E-state index contributed by atoms with van der Waals surface area (Å²) in [5.41, 5.74) is 1.18. The number of nitrogens with one attached hydrogen (secondary N) is 1. The first-order valence-corrected chi connectivity index (χ1v) is 8.91. The first-order chi connectivity index (χ1) is 13.5. The van der Waals surface area contributed by atoms with Gasteiger partial charge in [0.05, 0.1) is 24.8 Å². The van der Waals surface area contributed by atoms with E-state index in [-0.39, 0.29) is 0 Å². The van der Waals surface area contributed by atoms with Gasteiger partial charge < -0.3 is 19.5 Å². The highest BCUT2D eigenvalue weighted by Gasteiger charge is 2.11. The topological polar surface area (TPSA) is 90.9 Å². The molecule has 28 heavy (non-hydrogen) atoms. The predicted molar refractivity (Wildman–Crippen MR) is 104 cm³/mol. The lowest BCUT2D eigenvalue weighted by atomic mass is 10.2. The van der Waals surface area contributed by atoms with Gasteiger partial charge in [0, 0.05) is 5.69 Å². The number of unbranched alkanes of at least 4 members (excludes halogenated alkanes) is 1. The molecule has 1 amide bonds. The van der Waals surface area contributed by atoms with Crippen molar-refractivity contribution in [3.8, 4) is 5.75 Å². The fourth-order valence-corrected chi connectivity index (χ4v) is 2.24. The van der Waals surface area contributed by atoms with E-state index in [0.717, 1.165) is 12.8 Å². The summed E-state index contributed by atoms with van der Waals surface area (Å²) in [5.74, 6) is -0.873. The number of benzene rings is 2. The summed E-state index contributed by atoms with van der Waals surface area (Å²) in [6, 6.07) is 12.7. The van der Waals surface area contributed by atoms with E-state index in [1.165, 1.54) is 19.2 Å². The van der Waals surface area contributed by atoms with Crippen LogP contribution in [0.3, 0.4) is 0 Å². The second-order valence-electron chi connectivity index (χ2n) is 5.92. The Labute approximate surface area is 163 Å². The highest BCUT2D eigenvalue weighted by atomic mass is 16.5. The Morgan fingerprint density at radius 2 is 1.50 bits per heavy atom. The van der Waals surface area contributed by atoms with Crippen molar-refractivity contribution in [2.75, 3.05) is 25.6 Å². The minimum atomic E-state index is -0.601. The summed E-state index contributed by atoms with van der Waals surface area (Å²) in [4.78, 5) is 35.3. The van der Waals surface area contributed by atoms with Crippen LogP contribution in [-0.2, 0) is 14.3 Å². The van der Waals surface area contributed by atoms with Crippen LogP contribution >= 0.6 is 0 Å². The van der Waals surface area contributed by atoms with Crippen molar-refractivity contribution in [3.63, 3.8) is 0 Å². The fourth-order valence-electron chi connectivity index (χ4n) is 2.24. The Bertz CT molecular complexity index is 799. The number of methoxy groups -OCH3 is 1. The van der Waals surface area contributed by atoms with Gasteiger partial charge in [-0.3, -0.25) is 4.79 Å². The molecule has 0 fully saturated rings. The van der Waals surface area contributed by atoms with Crippen LogP contribution in [0.25, 0.3) is 0 Å². The maximum atomic E-state index is 12.0. The molecule has 1 N–H and O–H groups in total. The molecule has 2 aromatic rings. The third kappa shape index (κ3) is 6.42. The number of rotatable bonds is 9. The predicted octanol–water partition coefficient (Wildman–Crippen LogP) is 3.45. The Balaban J connectivity index is 1.80. The fraction of sp³-hybridized carbons (Fsp3) is 0.286.